The first-order valence-corrected chi connectivity index (χ1v) is 9.92. The van der Waals surface area contributed by atoms with Crippen molar-refractivity contribution in [1.82, 2.24) is 10.2 Å². The van der Waals surface area contributed by atoms with Gasteiger partial charge >= 0.3 is 12.2 Å². The number of hydrogen-bond donors (Lipinski definition) is 2. The molecule has 0 unspecified atom stereocenters. The summed E-state index contributed by atoms with van der Waals surface area (Å²) < 4.78 is 40.9. The Kier molecular flexibility index (Phi) is 7.51. The van der Waals surface area contributed by atoms with Crippen LogP contribution in [-0.4, -0.2) is 36.2 Å². The van der Waals surface area contributed by atoms with Crippen LogP contribution in [0.25, 0.3) is 0 Å². The number of rotatable bonds is 8. The molecule has 0 radical (unpaired) electrons. The summed E-state index contributed by atoms with van der Waals surface area (Å²) in [5.41, 5.74) is 3.06. The summed E-state index contributed by atoms with van der Waals surface area (Å²) in [7, 11) is 0. The Balaban J connectivity index is 1.40. The summed E-state index contributed by atoms with van der Waals surface area (Å²) in [6.45, 7) is 0.208. The molecule has 166 valence electrons. The van der Waals surface area contributed by atoms with Gasteiger partial charge in [-0.25, -0.2) is 4.79 Å². The minimum Gasteiger partial charge on any atom is -0.367 e. The Labute approximate surface area is 178 Å². The van der Waals surface area contributed by atoms with E-state index in [1.165, 1.54) is 0 Å². The Morgan fingerprint density at radius 1 is 1.00 bits per heavy atom. The van der Waals surface area contributed by atoms with Crippen molar-refractivity contribution in [2.45, 2.75) is 38.7 Å². The van der Waals surface area contributed by atoms with Crippen LogP contribution in [0, 0.1) is 0 Å². The van der Waals surface area contributed by atoms with Gasteiger partial charge in [0.05, 0.1) is 6.61 Å². The number of halogens is 3. The van der Waals surface area contributed by atoms with Gasteiger partial charge in [0.1, 0.15) is 6.61 Å². The minimum absolute atomic E-state index is 0.129. The number of alkyl halides is 3. The number of carbonyl (C=O) groups excluding carboxylic acids is 2. The molecule has 0 atom stereocenters. The zero-order chi connectivity index (χ0) is 22.3. The van der Waals surface area contributed by atoms with E-state index in [9.17, 15) is 22.8 Å². The minimum atomic E-state index is -4.34. The van der Waals surface area contributed by atoms with Gasteiger partial charge in [-0.05, 0) is 35.2 Å². The quantitative estimate of drug-likeness (QED) is 0.653. The zero-order valence-electron chi connectivity index (χ0n) is 16.9. The van der Waals surface area contributed by atoms with E-state index in [1.807, 2.05) is 17.0 Å². The molecule has 6 nitrogen and oxygen atoms in total. The number of carbonyl (C=O) groups is 2. The summed E-state index contributed by atoms with van der Waals surface area (Å²) in [6.07, 6.45) is -2.84. The third kappa shape index (κ3) is 7.60. The molecule has 1 fully saturated rings. The molecule has 9 heteroatoms. The van der Waals surface area contributed by atoms with Gasteiger partial charge in [0, 0.05) is 31.7 Å². The average molecular weight is 435 g/mol. The summed E-state index contributed by atoms with van der Waals surface area (Å²) in [5, 5.41) is 5.46. The van der Waals surface area contributed by atoms with E-state index < -0.39 is 12.8 Å². The van der Waals surface area contributed by atoms with Crippen LogP contribution in [0.2, 0.25) is 0 Å². The molecule has 1 saturated heterocycles. The van der Waals surface area contributed by atoms with Gasteiger partial charge in [-0.2, -0.15) is 13.2 Å². The van der Waals surface area contributed by atoms with E-state index in [0.29, 0.717) is 24.2 Å². The Morgan fingerprint density at radius 2 is 1.65 bits per heavy atom. The van der Waals surface area contributed by atoms with Crippen molar-refractivity contribution in [1.29, 1.82) is 0 Å². The predicted molar refractivity (Wildman–Crippen MR) is 109 cm³/mol. The first-order valence-electron chi connectivity index (χ1n) is 9.92. The lowest BCUT2D eigenvalue weighted by atomic mass is 10.1. The summed E-state index contributed by atoms with van der Waals surface area (Å²) in [5.74, 6) is 0.170. The van der Waals surface area contributed by atoms with E-state index in [1.54, 1.807) is 36.4 Å². The molecule has 0 aromatic heterocycles. The molecule has 3 amide bonds. The number of ether oxygens (including phenoxy) is 1. The highest BCUT2D eigenvalue weighted by Gasteiger charge is 2.27. The fourth-order valence-corrected chi connectivity index (χ4v) is 3.18. The molecule has 1 heterocycles. The molecule has 0 saturated carbocycles. The second-order valence-corrected chi connectivity index (χ2v) is 7.35. The standard InChI is InChI=1S/C22H24F3N3O3/c23-22(24,25)15-31-14-18-5-3-16(4-6-18)12-26-21(30)27-19-9-7-17(8-10-19)13-28-11-1-2-20(28)29/h3-10H,1-2,11-15H2,(H2,26,27,30). The van der Waals surface area contributed by atoms with E-state index in [0.717, 1.165) is 24.1 Å². The molecule has 0 bridgehead atoms. The number of nitrogens with zero attached hydrogens (tertiary/aromatic N) is 1. The number of benzene rings is 2. The zero-order valence-corrected chi connectivity index (χ0v) is 16.9. The van der Waals surface area contributed by atoms with E-state index >= 15 is 0 Å². The topological polar surface area (TPSA) is 70.7 Å². The molecule has 0 aliphatic carbocycles. The lowest BCUT2D eigenvalue weighted by Crippen LogP contribution is -2.28. The summed E-state index contributed by atoms with van der Waals surface area (Å²) in [6, 6.07) is 13.7. The number of hydrogen-bond acceptors (Lipinski definition) is 3. The van der Waals surface area contributed by atoms with Crippen molar-refractivity contribution in [3.05, 3.63) is 65.2 Å². The summed E-state index contributed by atoms with van der Waals surface area (Å²) >= 11 is 0. The smallest absolute Gasteiger partial charge is 0.367 e. The Bertz CT molecular complexity index is 884. The van der Waals surface area contributed by atoms with Gasteiger partial charge in [-0.15, -0.1) is 0 Å². The largest absolute Gasteiger partial charge is 0.411 e. The van der Waals surface area contributed by atoms with Crippen molar-refractivity contribution in [2.75, 3.05) is 18.5 Å². The lowest BCUT2D eigenvalue weighted by molar-refractivity contribution is -0.176. The van der Waals surface area contributed by atoms with Gasteiger partial charge in [0.2, 0.25) is 5.91 Å². The van der Waals surface area contributed by atoms with Crippen LogP contribution in [0.15, 0.2) is 48.5 Å². The van der Waals surface area contributed by atoms with Crippen LogP contribution in [0.5, 0.6) is 0 Å². The average Bonchev–Trinajstić information content (AvgIpc) is 3.12. The van der Waals surface area contributed by atoms with Gasteiger partial charge in [0.15, 0.2) is 0 Å². The third-order valence-corrected chi connectivity index (χ3v) is 4.77. The third-order valence-electron chi connectivity index (χ3n) is 4.77. The van der Waals surface area contributed by atoms with Gasteiger partial charge in [0.25, 0.3) is 0 Å². The predicted octanol–water partition coefficient (Wildman–Crippen LogP) is 4.21. The highest BCUT2D eigenvalue weighted by atomic mass is 19.4. The SMILES string of the molecule is O=C(NCc1ccc(COCC(F)(F)F)cc1)Nc1ccc(CN2CCCC2=O)cc1. The molecule has 3 rings (SSSR count). The number of amides is 3. The van der Waals surface area contributed by atoms with Crippen molar-refractivity contribution < 1.29 is 27.5 Å². The molecule has 2 N–H and O–H groups in total. The van der Waals surface area contributed by atoms with Crippen LogP contribution >= 0.6 is 0 Å². The van der Waals surface area contributed by atoms with Crippen molar-refractivity contribution in [3.63, 3.8) is 0 Å². The molecule has 1 aliphatic heterocycles. The summed E-state index contributed by atoms with van der Waals surface area (Å²) in [4.78, 5) is 25.6. The Hall–Kier alpha value is -3.07. The highest BCUT2D eigenvalue weighted by molar-refractivity contribution is 5.89. The van der Waals surface area contributed by atoms with Crippen LogP contribution in [0.3, 0.4) is 0 Å². The maximum Gasteiger partial charge on any atom is 0.411 e. The molecule has 2 aromatic carbocycles. The van der Waals surface area contributed by atoms with E-state index in [4.69, 9.17) is 0 Å². The first kappa shape index (κ1) is 22.6. The lowest BCUT2D eigenvalue weighted by Gasteiger charge is -2.15. The van der Waals surface area contributed by atoms with Crippen LogP contribution < -0.4 is 10.6 Å². The first-order chi connectivity index (χ1) is 14.8. The molecule has 0 spiro atoms. The fraction of sp³-hybridized carbons (Fsp3) is 0.364. The van der Waals surface area contributed by atoms with E-state index in [2.05, 4.69) is 15.4 Å². The molecule has 31 heavy (non-hydrogen) atoms. The van der Waals surface area contributed by atoms with Crippen LogP contribution in [0.1, 0.15) is 29.5 Å². The Morgan fingerprint density at radius 3 is 2.26 bits per heavy atom. The number of likely N-dealkylation sites (tertiary alicyclic amines) is 1. The monoisotopic (exact) mass is 435 g/mol. The number of anilines is 1. The van der Waals surface area contributed by atoms with Crippen molar-refractivity contribution >= 4 is 17.6 Å². The second-order valence-electron chi connectivity index (χ2n) is 7.35. The van der Waals surface area contributed by atoms with Gasteiger partial charge < -0.3 is 20.3 Å². The maximum atomic E-state index is 12.1. The van der Waals surface area contributed by atoms with Gasteiger partial charge in [-0.3, -0.25) is 4.79 Å². The fourth-order valence-electron chi connectivity index (χ4n) is 3.18. The van der Waals surface area contributed by atoms with Crippen LogP contribution in [0.4, 0.5) is 23.7 Å². The molecule has 2 aromatic rings. The number of urea groups is 1. The molecular weight excluding hydrogens is 411 g/mol. The number of nitrogens with one attached hydrogen (secondary N) is 2. The molecular formula is C22H24F3N3O3. The maximum absolute atomic E-state index is 12.1. The highest BCUT2D eigenvalue weighted by Crippen LogP contribution is 2.17. The van der Waals surface area contributed by atoms with E-state index in [-0.39, 0.29) is 25.1 Å². The molecule has 1 aliphatic rings. The van der Waals surface area contributed by atoms with Gasteiger partial charge in [-0.1, -0.05) is 36.4 Å². The van der Waals surface area contributed by atoms with Crippen molar-refractivity contribution in [3.8, 4) is 0 Å². The normalized spacial score (nSPS) is 14.0. The van der Waals surface area contributed by atoms with Crippen LogP contribution in [-0.2, 0) is 29.2 Å². The van der Waals surface area contributed by atoms with Crippen molar-refractivity contribution in [2.24, 2.45) is 0 Å². The second kappa shape index (κ2) is 10.3.